The van der Waals surface area contributed by atoms with Gasteiger partial charge in [-0.2, -0.15) is 0 Å². The standard InChI is InChI=1S/C27H54N2/c1-4-7-9-10-11-12-13-14-15-16-17-18-19-20-21-22-24-29-26-25-28(6-3)27(29)23-8-5-2/h25-27H,4-24H2,1-3H3. The van der Waals surface area contributed by atoms with Crippen LogP contribution in [-0.4, -0.2) is 29.1 Å². The van der Waals surface area contributed by atoms with Crippen LogP contribution in [0.1, 0.15) is 143 Å². The van der Waals surface area contributed by atoms with E-state index in [1.807, 2.05) is 0 Å². The van der Waals surface area contributed by atoms with Crippen LogP contribution in [0.2, 0.25) is 0 Å². The Bertz CT molecular complexity index is 366. The molecule has 0 aromatic carbocycles. The van der Waals surface area contributed by atoms with E-state index >= 15 is 0 Å². The maximum absolute atomic E-state index is 2.60. The molecular weight excluding hydrogens is 352 g/mol. The largest absolute Gasteiger partial charge is 0.356 e. The van der Waals surface area contributed by atoms with E-state index in [4.69, 9.17) is 0 Å². The zero-order valence-electron chi connectivity index (χ0n) is 20.5. The molecule has 1 heterocycles. The molecule has 29 heavy (non-hydrogen) atoms. The highest BCUT2D eigenvalue weighted by Crippen LogP contribution is 2.21. The van der Waals surface area contributed by atoms with Gasteiger partial charge in [-0.3, -0.25) is 0 Å². The molecule has 0 aromatic heterocycles. The fraction of sp³-hybridized carbons (Fsp3) is 0.926. The average molecular weight is 407 g/mol. The minimum absolute atomic E-state index is 0.635. The molecule has 0 radical (unpaired) electrons. The van der Waals surface area contributed by atoms with Crippen molar-refractivity contribution in [3.8, 4) is 0 Å². The van der Waals surface area contributed by atoms with Gasteiger partial charge in [-0.1, -0.05) is 117 Å². The zero-order valence-corrected chi connectivity index (χ0v) is 20.5. The van der Waals surface area contributed by atoms with Gasteiger partial charge in [-0.05, 0) is 26.2 Å². The van der Waals surface area contributed by atoms with Gasteiger partial charge in [0.1, 0.15) is 6.17 Å². The van der Waals surface area contributed by atoms with E-state index in [0.29, 0.717) is 6.17 Å². The monoisotopic (exact) mass is 406 g/mol. The van der Waals surface area contributed by atoms with Crippen LogP contribution >= 0.6 is 0 Å². The second-order valence-corrected chi connectivity index (χ2v) is 9.29. The maximum atomic E-state index is 2.60. The van der Waals surface area contributed by atoms with Crippen molar-refractivity contribution in [2.75, 3.05) is 13.1 Å². The lowest BCUT2D eigenvalue weighted by atomic mass is 10.0. The molecule has 0 N–H and O–H groups in total. The average Bonchev–Trinajstić information content (AvgIpc) is 3.13. The second-order valence-electron chi connectivity index (χ2n) is 9.29. The van der Waals surface area contributed by atoms with Crippen LogP contribution in [-0.2, 0) is 0 Å². The minimum atomic E-state index is 0.635. The molecule has 0 aromatic rings. The Morgan fingerprint density at radius 3 is 1.34 bits per heavy atom. The number of hydrogen-bond acceptors (Lipinski definition) is 2. The predicted molar refractivity (Wildman–Crippen MR) is 131 cm³/mol. The number of hydrogen-bond donors (Lipinski definition) is 0. The van der Waals surface area contributed by atoms with Crippen molar-refractivity contribution in [1.82, 2.24) is 9.80 Å². The van der Waals surface area contributed by atoms with Crippen molar-refractivity contribution < 1.29 is 0 Å². The van der Waals surface area contributed by atoms with E-state index in [1.165, 1.54) is 129 Å². The molecular formula is C27H54N2. The maximum Gasteiger partial charge on any atom is 0.101 e. The molecule has 0 fully saturated rings. The Morgan fingerprint density at radius 1 is 0.483 bits per heavy atom. The second kappa shape index (κ2) is 19.3. The Balaban J connectivity index is 1.86. The summed E-state index contributed by atoms with van der Waals surface area (Å²) < 4.78 is 0. The molecule has 2 nitrogen and oxygen atoms in total. The Hall–Kier alpha value is -0.660. The Morgan fingerprint density at radius 2 is 0.897 bits per heavy atom. The first kappa shape index (κ1) is 26.4. The van der Waals surface area contributed by atoms with Crippen molar-refractivity contribution in [1.29, 1.82) is 0 Å². The first-order valence-electron chi connectivity index (χ1n) is 13.5. The number of rotatable bonds is 21. The minimum Gasteiger partial charge on any atom is -0.356 e. The fourth-order valence-corrected chi connectivity index (χ4v) is 4.66. The molecule has 0 amide bonds. The lowest BCUT2D eigenvalue weighted by Gasteiger charge is -2.32. The molecule has 1 atom stereocenters. The van der Waals surface area contributed by atoms with Gasteiger partial charge >= 0.3 is 0 Å². The molecule has 2 heteroatoms. The van der Waals surface area contributed by atoms with Crippen LogP contribution in [0.4, 0.5) is 0 Å². The van der Waals surface area contributed by atoms with E-state index in [0.717, 1.165) is 6.54 Å². The third-order valence-corrected chi connectivity index (χ3v) is 6.67. The Kier molecular flexibility index (Phi) is 17.6. The highest BCUT2D eigenvalue weighted by atomic mass is 15.4. The summed E-state index contributed by atoms with van der Waals surface area (Å²) >= 11 is 0. The summed E-state index contributed by atoms with van der Waals surface area (Å²) in [5, 5.41) is 0. The third-order valence-electron chi connectivity index (χ3n) is 6.67. The first-order valence-corrected chi connectivity index (χ1v) is 13.5. The highest BCUT2D eigenvalue weighted by molar-refractivity contribution is 4.96. The first-order chi connectivity index (χ1) is 14.3. The lowest BCUT2D eigenvalue weighted by Crippen LogP contribution is -2.38. The van der Waals surface area contributed by atoms with Crippen molar-refractivity contribution in [2.24, 2.45) is 0 Å². The molecule has 0 aliphatic carbocycles. The summed E-state index contributed by atoms with van der Waals surface area (Å²) in [6.07, 6.45) is 32.4. The molecule has 1 aliphatic heterocycles. The van der Waals surface area contributed by atoms with Crippen LogP contribution in [0.3, 0.4) is 0 Å². The van der Waals surface area contributed by atoms with Gasteiger partial charge in [0, 0.05) is 25.5 Å². The summed E-state index contributed by atoms with van der Waals surface area (Å²) in [4.78, 5) is 5.12. The SMILES string of the molecule is CCCCCCCCCCCCCCCCCCN1C=CN(CC)C1CCCC. The van der Waals surface area contributed by atoms with Crippen LogP contribution in [0, 0.1) is 0 Å². The van der Waals surface area contributed by atoms with E-state index < -0.39 is 0 Å². The van der Waals surface area contributed by atoms with E-state index in [9.17, 15) is 0 Å². The van der Waals surface area contributed by atoms with E-state index in [-0.39, 0.29) is 0 Å². The fourth-order valence-electron chi connectivity index (χ4n) is 4.66. The van der Waals surface area contributed by atoms with E-state index in [2.05, 4.69) is 43.0 Å². The summed E-state index contributed by atoms with van der Waals surface area (Å²) in [5.41, 5.74) is 0. The summed E-state index contributed by atoms with van der Waals surface area (Å²) in [5.74, 6) is 0. The van der Waals surface area contributed by atoms with Crippen LogP contribution in [0.15, 0.2) is 12.4 Å². The van der Waals surface area contributed by atoms with Gasteiger partial charge in [0.05, 0.1) is 0 Å². The lowest BCUT2D eigenvalue weighted by molar-refractivity contribution is 0.143. The number of unbranched alkanes of at least 4 members (excludes halogenated alkanes) is 16. The topological polar surface area (TPSA) is 6.48 Å². The van der Waals surface area contributed by atoms with Crippen molar-refractivity contribution in [3.05, 3.63) is 12.4 Å². The molecule has 0 saturated heterocycles. The highest BCUT2D eigenvalue weighted by Gasteiger charge is 2.23. The van der Waals surface area contributed by atoms with Crippen molar-refractivity contribution in [2.45, 2.75) is 149 Å². The molecule has 0 bridgehead atoms. The van der Waals surface area contributed by atoms with Crippen LogP contribution in [0.25, 0.3) is 0 Å². The summed E-state index contributed by atoms with van der Waals surface area (Å²) in [6, 6.07) is 0. The van der Waals surface area contributed by atoms with E-state index in [1.54, 1.807) is 0 Å². The Labute approximate surface area is 184 Å². The van der Waals surface area contributed by atoms with Gasteiger partial charge in [-0.25, -0.2) is 0 Å². The van der Waals surface area contributed by atoms with Crippen LogP contribution < -0.4 is 0 Å². The smallest absolute Gasteiger partial charge is 0.101 e. The predicted octanol–water partition coefficient (Wildman–Crippen LogP) is 8.87. The summed E-state index contributed by atoms with van der Waals surface area (Å²) in [6.45, 7) is 9.27. The van der Waals surface area contributed by atoms with Gasteiger partial charge in [0.2, 0.25) is 0 Å². The third kappa shape index (κ3) is 13.3. The van der Waals surface area contributed by atoms with Gasteiger partial charge in [-0.15, -0.1) is 0 Å². The van der Waals surface area contributed by atoms with Crippen molar-refractivity contribution >= 4 is 0 Å². The van der Waals surface area contributed by atoms with Gasteiger partial charge in [0.15, 0.2) is 0 Å². The normalized spacial score (nSPS) is 16.3. The quantitative estimate of drug-likeness (QED) is 0.176. The molecule has 1 aliphatic rings. The molecule has 0 spiro atoms. The summed E-state index contributed by atoms with van der Waals surface area (Å²) in [7, 11) is 0. The molecule has 0 saturated carbocycles. The van der Waals surface area contributed by atoms with Crippen LogP contribution in [0.5, 0.6) is 0 Å². The van der Waals surface area contributed by atoms with Gasteiger partial charge < -0.3 is 9.80 Å². The zero-order chi connectivity index (χ0) is 21.0. The van der Waals surface area contributed by atoms with Crippen molar-refractivity contribution in [3.63, 3.8) is 0 Å². The number of nitrogens with zero attached hydrogens (tertiary/aromatic N) is 2. The molecule has 1 rings (SSSR count). The molecule has 1 unspecified atom stereocenters. The van der Waals surface area contributed by atoms with Gasteiger partial charge in [0.25, 0.3) is 0 Å². The molecule has 172 valence electrons.